The summed E-state index contributed by atoms with van der Waals surface area (Å²) < 4.78 is 10.6. The summed E-state index contributed by atoms with van der Waals surface area (Å²) in [4.78, 5) is 15.6. The monoisotopic (exact) mass is 280 g/mol. The Bertz CT molecular complexity index is 483. The molecule has 0 spiro atoms. The van der Waals surface area contributed by atoms with Crippen molar-refractivity contribution in [1.82, 2.24) is 10.1 Å². The number of carboxylic acids is 1. The summed E-state index contributed by atoms with van der Waals surface area (Å²) in [5.74, 6) is -0.674. The molecule has 0 aliphatic heterocycles. The van der Waals surface area contributed by atoms with E-state index < -0.39 is 11.9 Å². The van der Waals surface area contributed by atoms with E-state index in [-0.39, 0.29) is 12.0 Å². The smallest absolute Gasteiger partial charge is 0.307 e. The summed E-state index contributed by atoms with van der Waals surface area (Å²) in [6, 6.07) is 0. The molecule has 1 aromatic heterocycles. The lowest BCUT2D eigenvalue weighted by atomic mass is 9.83. The molecule has 6 nitrogen and oxygen atoms in total. The first kappa shape index (κ1) is 14.7. The van der Waals surface area contributed by atoms with Gasteiger partial charge in [-0.15, -0.1) is 0 Å². The van der Waals surface area contributed by atoms with Crippen molar-refractivity contribution < 1.29 is 19.2 Å². The van der Waals surface area contributed by atoms with Gasteiger partial charge < -0.3 is 14.4 Å². The number of hydrogen-bond acceptors (Lipinski definition) is 5. The number of aromatic nitrogens is 2. The maximum absolute atomic E-state index is 11.3. The lowest BCUT2D eigenvalue weighted by Crippen LogP contribution is -2.23. The highest BCUT2D eigenvalue weighted by Gasteiger charge is 2.34. The standard InChI is InChI=1S/C14H20N2O4/c1-3-6-11(19-2)12-15-13(20-16-12)9-7-4-5-8-10(9)14(17)18/h4-5,9-11H,3,6-8H2,1-2H3,(H,17,18)/t9-,10+,11?/m1/s1. The molecule has 0 saturated carbocycles. The van der Waals surface area contributed by atoms with E-state index in [0.29, 0.717) is 24.6 Å². The van der Waals surface area contributed by atoms with Crippen molar-refractivity contribution in [3.8, 4) is 0 Å². The van der Waals surface area contributed by atoms with E-state index in [1.165, 1.54) is 0 Å². The van der Waals surface area contributed by atoms with Gasteiger partial charge in [-0.2, -0.15) is 4.98 Å². The molecule has 0 aromatic carbocycles. The first-order valence-electron chi connectivity index (χ1n) is 6.91. The van der Waals surface area contributed by atoms with Crippen LogP contribution in [0.25, 0.3) is 0 Å². The van der Waals surface area contributed by atoms with Crippen molar-refractivity contribution in [2.24, 2.45) is 5.92 Å². The Hall–Kier alpha value is -1.69. The zero-order valence-corrected chi connectivity index (χ0v) is 11.8. The Labute approximate surface area is 117 Å². The maximum Gasteiger partial charge on any atom is 0.307 e. The molecule has 6 heteroatoms. The van der Waals surface area contributed by atoms with E-state index >= 15 is 0 Å². The van der Waals surface area contributed by atoms with Gasteiger partial charge in [-0.1, -0.05) is 30.7 Å². The third-order valence-corrected chi connectivity index (χ3v) is 3.65. The Morgan fingerprint density at radius 1 is 1.55 bits per heavy atom. The van der Waals surface area contributed by atoms with Gasteiger partial charge in [0, 0.05) is 7.11 Å². The fraction of sp³-hybridized carbons (Fsp3) is 0.643. The Morgan fingerprint density at radius 3 is 2.95 bits per heavy atom. The van der Waals surface area contributed by atoms with Gasteiger partial charge in [0.05, 0.1) is 11.8 Å². The Morgan fingerprint density at radius 2 is 2.30 bits per heavy atom. The van der Waals surface area contributed by atoms with Crippen LogP contribution in [0.4, 0.5) is 0 Å². The minimum absolute atomic E-state index is 0.195. The predicted octanol–water partition coefficient (Wildman–Crippen LogP) is 2.69. The molecule has 0 bridgehead atoms. The average Bonchev–Trinajstić information content (AvgIpc) is 2.94. The third kappa shape index (κ3) is 3.07. The molecule has 1 unspecified atom stereocenters. The molecule has 1 aliphatic carbocycles. The van der Waals surface area contributed by atoms with Gasteiger partial charge in [0.1, 0.15) is 6.10 Å². The van der Waals surface area contributed by atoms with E-state index in [0.717, 1.165) is 12.8 Å². The van der Waals surface area contributed by atoms with Crippen LogP contribution in [-0.4, -0.2) is 28.3 Å². The van der Waals surface area contributed by atoms with Gasteiger partial charge in [-0.25, -0.2) is 0 Å². The molecular weight excluding hydrogens is 260 g/mol. The van der Waals surface area contributed by atoms with Crippen LogP contribution < -0.4 is 0 Å². The van der Waals surface area contributed by atoms with Crippen molar-refractivity contribution in [3.63, 3.8) is 0 Å². The second-order valence-electron chi connectivity index (χ2n) is 5.00. The van der Waals surface area contributed by atoms with Crippen LogP contribution in [0.1, 0.15) is 56.3 Å². The fourth-order valence-electron chi connectivity index (χ4n) is 2.50. The van der Waals surface area contributed by atoms with Gasteiger partial charge in [-0.05, 0) is 19.3 Å². The molecule has 1 heterocycles. The van der Waals surface area contributed by atoms with Crippen LogP contribution >= 0.6 is 0 Å². The molecule has 3 atom stereocenters. The fourth-order valence-corrected chi connectivity index (χ4v) is 2.50. The number of ether oxygens (including phenoxy) is 1. The van der Waals surface area contributed by atoms with E-state index in [1.54, 1.807) is 7.11 Å². The first-order chi connectivity index (χ1) is 9.67. The topological polar surface area (TPSA) is 85.5 Å². The molecule has 1 aromatic rings. The first-order valence-corrected chi connectivity index (χ1v) is 6.91. The molecule has 0 amide bonds. The van der Waals surface area contributed by atoms with Gasteiger partial charge in [0.2, 0.25) is 11.7 Å². The zero-order valence-electron chi connectivity index (χ0n) is 11.8. The van der Waals surface area contributed by atoms with E-state index in [4.69, 9.17) is 9.26 Å². The molecule has 0 fully saturated rings. The third-order valence-electron chi connectivity index (χ3n) is 3.65. The summed E-state index contributed by atoms with van der Waals surface area (Å²) in [6.07, 6.45) is 6.54. The highest BCUT2D eigenvalue weighted by molar-refractivity contribution is 5.71. The van der Waals surface area contributed by atoms with Gasteiger partial charge >= 0.3 is 5.97 Å². The van der Waals surface area contributed by atoms with Crippen molar-refractivity contribution in [1.29, 1.82) is 0 Å². The Balaban J connectivity index is 2.18. The van der Waals surface area contributed by atoms with Crippen LogP contribution in [0, 0.1) is 5.92 Å². The van der Waals surface area contributed by atoms with Gasteiger partial charge in [0.15, 0.2) is 0 Å². The van der Waals surface area contributed by atoms with Gasteiger partial charge in [-0.3, -0.25) is 4.79 Å². The summed E-state index contributed by atoms with van der Waals surface area (Å²) in [5.41, 5.74) is 0. The number of carbonyl (C=O) groups is 1. The number of aliphatic carboxylic acids is 1. The van der Waals surface area contributed by atoms with Crippen molar-refractivity contribution in [2.75, 3.05) is 7.11 Å². The van der Waals surface area contributed by atoms with E-state index in [1.807, 2.05) is 12.2 Å². The van der Waals surface area contributed by atoms with Crippen molar-refractivity contribution in [3.05, 3.63) is 23.9 Å². The molecule has 1 N–H and O–H groups in total. The number of nitrogens with zero attached hydrogens (tertiary/aromatic N) is 2. The largest absolute Gasteiger partial charge is 0.481 e. The Kier molecular flexibility index (Phi) is 4.89. The SMILES string of the molecule is CCCC(OC)c1noc([C@@H]2CC=CC[C@@H]2C(=O)O)n1. The summed E-state index contributed by atoms with van der Waals surface area (Å²) >= 11 is 0. The van der Waals surface area contributed by atoms with E-state index in [9.17, 15) is 9.90 Å². The maximum atomic E-state index is 11.3. The lowest BCUT2D eigenvalue weighted by molar-refractivity contribution is -0.142. The summed E-state index contributed by atoms with van der Waals surface area (Å²) in [7, 11) is 1.61. The zero-order chi connectivity index (χ0) is 14.5. The minimum atomic E-state index is -0.823. The van der Waals surface area contributed by atoms with Crippen LogP contribution in [0.2, 0.25) is 0 Å². The lowest BCUT2D eigenvalue weighted by Gasteiger charge is -2.21. The van der Waals surface area contributed by atoms with Crippen LogP contribution in [-0.2, 0) is 9.53 Å². The van der Waals surface area contributed by atoms with E-state index in [2.05, 4.69) is 17.1 Å². The molecule has 0 radical (unpaired) electrons. The number of allylic oxidation sites excluding steroid dienone is 2. The number of carboxylic acid groups (broad SMARTS) is 1. The minimum Gasteiger partial charge on any atom is -0.481 e. The van der Waals surface area contributed by atoms with Crippen LogP contribution in [0.3, 0.4) is 0 Å². The second-order valence-corrected chi connectivity index (χ2v) is 5.00. The molecule has 110 valence electrons. The summed E-state index contributed by atoms with van der Waals surface area (Å²) in [5, 5.41) is 13.2. The van der Waals surface area contributed by atoms with Crippen molar-refractivity contribution >= 4 is 5.97 Å². The molecule has 2 rings (SSSR count). The average molecular weight is 280 g/mol. The number of hydrogen-bond donors (Lipinski definition) is 1. The summed E-state index contributed by atoms with van der Waals surface area (Å²) in [6.45, 7) is 2.05. The highest BCUT2D eigenvalue weighted by Crippen LogP contribution is 2.34. The van der Waals surface area contributed by atoms with Crippen molar-refractivity contribution in [2.45, 2.75) is 44.6 Å². The number of rotatable bonds is 6. The predicted molar refractivity (Wildman–Crippen MR) is 71.2 cm³/mol. The van der Waals surface area contributed by atoms with Crippen LogP contribution in [0.5, 0.6) is 0 Å². The molecular formula is C14H20N2O4. The normalized spacial score (nSPS) is 23.7. The van der Waals surface area contributed by atoms with Gasteiger partial charge in [0.25, 0.3) is 0 Å². The van der Waals surface area contributed by atoms with Crippen LogP contribution in [0.15, 0.2) is 16.7 Å². The molecule has 20 heavy (non-hydrogen) atoms. The quantitative estimate of drug-likeness (QED) is 0.806. The highest BCUT2D eigenvalue weighted by atomic mass is 16.5. The number of methoxy groups -OCH3 is 1. The molecule has 1 aliphatic rings. The second kappa shape index (κ2) is 6.65. The molecule has 0 saturated heterocycles.